The summed E-state index contributed by atoms with van der Waals surface area (Å²) in [5, 5.41) is 9.04. The Balaban J connectivity index is 1.81. The number of nitrogens with zero attached hydrogens (tertiary/aromatic N) is 2. The van der Waals surface area contributed by atoms with E-state index < -0.39 is 5.97 Å². The Bertz CT molecular complexity index is 635. The normalized spacial score (nSPS) is 18.3. The fraction of sp³-hybridized carbons (Fsp3) is 0.600. The van der Waals surface area contributed by atoms with Gasteiger partial charge in [0.15, 0.2) is 0 Å². The SMILES string of the molecule is CC(=O)N(CC(=O)O)C1CCCN(CCSc2ccc(C)c(C)c2)CC1. The summed E-state index contributed by atoms with van der Waals surface area (Å²) in [4.78, 5) is 28.1. The van der Waals surface area contributed by atoms with Gasteiger partial charge in [0.05, 0.1) is 0 Å². The number of aliphatic carboxylic acids is 1. The molecule has 144 valence electrons. The first-order valence-electron chi connectivity index (χ1n) is 9.28. The number of aryl methyl sites for hydroxylation is 2. The van der Waals surface area contributed by atoms with Gasteiger partial charge in [-0.05, 0) is 62.9 Å². The molecular weight excluding hydrogens is 348 g/mol. The highest BCUT2D eigenvalue weighted by atomic mass is 32.2. The molecule has 0 saturated carbocycles. The summed E-state index contributed by atoms with van der Waals surface area (Å²) < 4.78 is 0. The quantitative estimate of drug-likeness (QED) is 0.739. The Morgan fingerprint density at radius 3 is 2.65 bits per heavy atom. The molecule has 1 N–H and O–H groups in total. The topological polar surface area (TPSA) is 60.9 Å². The average Bonchev–Trinajstić information content (AvgIpc) is 2.81. The lowest BCUT2D eigenvalue weighted by molar-refractivity contribution is -0.145. The van der Waals surface area contributed by atoms with Gasteiger partial charge in [0.2, 0.25) is 5.91 Å². The second kappa shape index (κ2) is 9.97. The molecule has 1 aromatic rings. The van der Waals surface area contributed by atoms with Gasteiger partial charge in [-0.1, -0.05) is 6.07 Å². The molecule has 0 aromatic heterocycles. The number of hydrogen-bond donors (Lipinski definition) is 1. The predicted molar refractivity (Wildman–Crippen MR) is 106 cm³/mol. The van der Waals surface area contributed by atoms with Gasteiger partial charge < -0.3 is 14.9 Å². The number of amides is 1. The molecule has 0 bridgehead atoms. The number of rotatable bonds is 7. The van der Waals surface area contributed by atoms with Crippen LogP contribution < -0.4 is 0 Å². The minimum atomic E-state index is -0.939. The molecule has 1 aromatic carbocycles. The fourth-order valence-electron chi connectivity index (χ4n) is 3.41. The third kappa shape index (κ3) is 6.32. The Labute approximate surface area is 160 Å². The number of hydrogen-bond acceptors (Lipinski definition) is 4. The van der Waals surface area contributed by atoms with Gasteiger partial charge in [-0.3, -0.25) is 9.59 Å². The van der Waals surface area contributed by atoms with Crippen LogP contribution in [0.25, 0.3) is 0 Å². The van der Waals surface area contributed by atoms with Crippen LogP contribution >= 0.6 is 11.8 Å². The van der Waals surface area contributed by atoms with Gasteiger partial charge in [0, 0.05) is 36.7 Å². The first-order valence-corrected chi connectivity index (χ1v) is 10.3. The van der Waals surface area contributed by atoms with Gasteiger partial charge in [-0.2, -0.15) is 0 Å². The van der Waals surface area contributed by atoms with Crippen LogP contribution in [0.1, 0.15) is 37.3 Å². The number of thioether (sulfide) groups is 1. The van der Waals surface area contributed by atoms with Gasteiger partial charge in [-0.15, -0.1) is 11.8 Å². The molecule has 0 spiro atoms. The lowest BCUT2D eigenvalue weighted by atomic mass is 10.1. The number of carboxylic acid groups (broad SMARTS) is 1. The van der Waals surface area contributed by atoms with Crippen molar-refractivity contribution in [2.45, 2.75) is 51.0 Å². The van der Waals surface area contributed by atoms with Crippen LogP contribution in [0.4, 0.5) is 0 Å². The average molecular weight is 379 g/mol. The number of carbonyl (C=O) groups is 2. The third-order valence-corrected chi connectivity index (χ3v) is 6.07. The lowest BCUT2D eigenvalue weighted by Gasteiger charge is -2.29. The number of carbonyl (C=O) groups excluding carboxylic acids is 1. The highest BCUT2D eigenvalue weighted by Crippen LogP contribution is 2.22. The van der Waals surface area contributed by atoms with E-state index in [9.17, 15) is 9.59 Å². The van der Waals surface area contributed by atoms with Crippen molar-refractivity contribution in [1.29, 1.82) is 0 Å². The van der Waals surface area contributed by atoms with Crippen molar-refractivity contribution < 1.29 is 14.7 Å². The smallest absolute Gasteiger partial charge is 0.323 e. The zero-order valence-corrected chi connectivity index (χ0v) is 16.8. The van der Waals surface area contributed by atoms with E-state index in [-0.39, 0.29) is 18.5 Å². The Kier molecular flexibility index (Phi) is 7.97. The Morgan fingerprint density at radius 2 is 2.00 bits per heavy atom. The van der Waals surface area contributed by atoms with E-state index >= 15 is 0 Å². The van der Waals surface area contributed by atoms with Crippen LogP contribution in [0.5, 0.6) is 0 Å². The molecular formula is C20H30N2O3S. The molecule has 1 aliphatic rings. The molecule has 1 fully saturated rings. The number of likely N-dealkylation sites (tertiary alicyclic amines) is 1. The largest absolute Gasteiger partial charge is 0.480 e. The van der Waals surface area contributed by atoms with Crippen LogP contribution in [0.15, 0.2) is 23.1 Å². The molecule has 1 heterocycles. The van der Waals surface area contributed by atoms with Crippen molar-refractivity contribution in [1.82, 2.24) is 9.80 Å². The molecule has 0 radical (unpaired) electrons. The van der Waals surface area contributed by atoms with Crippen molar-refractivity contribution in [3.05, 3.63) is 29.3 Å². The summed E-state index contributed by atoms with van der Waals surface area (Å²) in [7, 11) is 0. The van der Waals surface area contributed by atoms with E-state index in [2.05, 4.69) is 36.9 Å². The van der Waals surface area contributed by atoms with E-state index in [1.165, 1.54) is 27.8 Å². The summed E-state index contributed by atoms with van der Waals surface area (Å²) in [6.45, 7) is 8.50. The zero-order valence-electron chi connectivity index (χ0n) is 16.0. The van der Waals surface area contributed by atoms with Crippen molar-refractivity contribution in [2.24, 2.45) is 0 Å². The lowest BCUT2D eigenvalue weighted by Crippen LogP contribution is -2.42. The standard InChI is InChI=1S/C20H30N2O3S/c1-15-6-7-19(13-16(15)2)26-12-11-21-9-4-5-18(8-10-21)22(17(3)23)14-20(24)25/h6-7,13,18H,4-5,8-12,14H2,1-3H3,(H,24,25). The molecule has 1 unspecified atom stereocenters. The van der Waals surface area contributed by atoms with Gasteiger partial charge in [0.1, 0.15) is 6.54 Å². The molecule has 0 aliphatic carbocycles. The van der Waals surface area contributed by atoms with Crippen molar-refractivity contribution in [3.63, 3.8) is 0 Å². The van der Waals surface area contributed by atoms with Crippen LogP contribution in [-0.4, -0.2) is 64.8 Å². The summed E-state index contributed by atoms with van der Waals surface area (Å²) in [6.07, 6.45) is 2.73. The van der Waals surface area contributed by atoms with E-state index in [1.54, 1.807) is 0 Å². The van der Waals surface area contributed by atoms with E-state index in [1.807, 2.05) is 11.8 Å². The highest BCUT2D eigenvalue weighted by Gasteiger charge is 2.25. The third-order valence-electron chi connectivity index (χ3n) is 5.10. The van der Waals surface area contributed by atoms with E-state index in [0.717, 1.165) is 44.6 Å². The summed E-state index contributed by atoms with van der Waals surface area (Å²) >= 11 is 1.88. The Hall–Kier alpha value is -1.53. The molecule has 26 heavy (non-hydrogen) atoms. The van der Waals surface area contributed by atoms with Crippen molar-refractivity contribution in [3.8, 4) is 0 Å². The fourth-order valence-corrected chi connectivity index (χ4v) is 4.42. The summed E-state index contributed by atoms with van der Waals surface area (Å²) in [6, 6.07) is 6.64. The first-order chi connectivity index (χ1) is 12.4. The number of carboxylic acids is 1. The molecule has 6 heteroatoms. The minimum Gasteiger partial charge on any atom is -0.480 e. The maximum absolute atomic E-state index is 11.8. The maximum atomic E-state index is 11.8. The van der Waals surface area contributed by atoms with Crippen LogP contribution in [0.3, 0.4) is 0 Å². The highest BCUT2D eigenvalue weighted by molar-refractivity contribution is 7.99. The van der Waals surface area contributed by atoms with Crippen LogP contribution in [0, 0.1) is 13.8 Å². The first kappa shape index (κ1) is 20.8. The van der Waals surface area contributed by atoms with E-state index in [4.69, 9.17) is 5.11 Å². The maximum Gasteiger partial charge on any atom is 0.323 e. The van der Waals surface area contributed by atoms with Gasteiger partial charge in [-0.25, -0.2) is 0 Å². The molecule has 1 atom stereocenters. The van der Waals surface area contributed by atoms with Crippen LogP contribution in [0.2, 0.25) is 0 Å². The van der Waals surface area contributed by atoms with Gasteiger partial charge in [0.25, 0.3) is 0 Å². The van der Waals surface area contributed by atoms with Crippen molar-refractivity contribution in [2.75, 3.05) is 31.9 Å². The minimum absolute atomic E-state index is 0.0426. The zero-order chi connectivity index (χ0) is 19.1. The van der Waals surface area contributed by atoms with Gasteiger partial charge >= 0.3 is 5.97 Å². The molecule has 1 aliphatic heterocycles. The van der Waals surface area contributed by atoms with E-state index in [0.29, 0.717) is 0 Å². The second-order valence-corrected chi connectivity index (χ2v) is 8.23. The second-order valence-electron chi connectivity index (χ2n) is 7.06. The molecule has 5 nitrogen and oxygen atoms in total. The predicted octanol–water partition coefficient (Wildman–Crippen LogP) is 3.18. The monoisotopic (exact) mass is 378 g/mol. The van der Waals surface area contributed by atoms with Crippen molar-refractivity contribution >= 4 is 23.6 Å². The summed E-state index contributed by atoms with van der Waals surface area (Å²) in [5.74, 6) is -0.0409. The molecule has 2 rings (SSSR count). The molecule has 1 saturated heterocycles. The summed E-state index contributed by atoms with van der Waals surface area (Å²) in [5.41, 5.74) is 2.65. The molecule has 1 amide bonds. The van der Waals surface area contributed by atoms with Crippen LogP contribution in [-0.2, 0) is 9.59 Å². The number of benzene rings is 1. The Morgan fingerprint density at radius 1 is 1.23 bits per heavy atom.